The van der Waals surface area contributed by atoms with Crippen molar-refractivity contribution in [2.45, 2.75) is 25.8 Å². The Labute approximate surface area is 122 Å². The molecule has 1 rings (SSSR count). The molecule has 1 unspecified atom stereocenters. The molecule has 0 fully saturated rings. The molecule has 1 N–H and O–H groups in total. The normalized spacial score (nSPS) is 12.9. The molecule has 0 saturated carbocycles. The highest BCUT2D eigenvalue weighted by molar-refractivity contribution is 5.25. The largest absolute Gasteiger partial charge is 0.385 e. The maximum absolute atomic E-state index is 13.6. The fourth-order valence-electron chi connectivity index (χ4n) is 2.24. The highest BCUT2D eigenvalue weighted by atomic mass is 19.1. The van der Waals surface area contributed by atoms with Gasteiger partial charge in [-0.15, -0.1) is 0 Å². The van der Waals surface area contributed by atoms with Crippen LogP contribution in [-0.2, 0) is 4.74 Å². The van der Waals surface area contributed by atoms with E-state index >= 15 is 0 Å². The van der Waals surface area contributed by atoms with Gasteiger partial charge in [-0.3, -0.25) is 0 Å². The second-order valence-corrected chi connectivity index (χ2v) is 5.29. The first kappa shape index (κ1) is 17.1. The smallest absolute Gasteiger partial charge is 0.126 e. The lowest BCUT2D eigenvalue weighted by molar-refractivity contribution is 0.178. The first-order valence-electron chi connectivity index (χ1n) is 7.19. The number of nitrogens with one attached hydrogen (secondary N) is 1. The number of hydrogen-bond donors (Lipinski definition) is 1. The van der Waals surface area contributed by atoms with Gasteiger partial charge in [-0.05, 0) is 57.6 Å². The summed E-state index contributed by atoms with van der Waals surface area (Å²) in [4.78, 5) is 2.29. The average molecular weight is 282 g/mol. The third-order valence-corrected chi connectivity index (χ3v) is 3.63. The lowest BCUT2D eigenvalue weighted by Crippen LogP contribution is -2.26. The van der Waals surface area contributed by atoms with E-state index in [9.17, 15) is 4.39 Å². The molecule has 20 heavy (non-hydrogen) atoms. The molecular formula is C16H27FN2O. The number of methoxy groups -OCH3 is 1. The van der Waals surface area contributed by atoms with E-state index in [1.54, 1.807) is 20.1 Å². The Balaban J connectivity index is 2.48. The van der Waals surface area contributed by atoms with Gasteiger partial charge in [0.15, 0.2) is 0 Å². The van der Waals surface area contributed by atoms with Gasteiger partial charge >= 0.3 is 0 Å². The fraction of sp³-hybridized carbons (Fsp3) is 0.625. The monoisotopic (exact) mass is 282 g/mol. The van der Waals surface area contributed by atoms with Crippen molar-refractivity contribution >= 4 is 0 Å². The molecule has 4 heteroatoms. The van der Waals surface area contributed by atoms with Crippen molar-refractivity contribution in [3.8, 4) is 0 Å². The topological polar surface area (TPSA) is 24.5 Å². The van der Waals surface area contributed by atoms with Gasteiger partial charge in [-0.2, -0.15) is 0 Å². The molecule has 1 aromatic rings. The van der Waals surface area contributed by atoms with Crippen LogP contribution in [0.3, 0.4) is 0 Å². The Hall–Kier alpha value is -0.970. The van der Waals surface area contributed by atoms with Crippen LogP contribution in [0.1, 0.15) is 30.0 Å². The highest BCUT2D eigenvalue weighted by Gasteiger charge is 2.12. The summed E-state index contributed by atoms with van der Waals surface area (Å²) in [6.07, 6.45) is 2.00. The molecule has 1 aromatic carbocycles. The van der Waals surface area contributed by atoms with Crippen LogP contribution in [0.2, 0.25) is 0 Å². The lowest BCUT2D eigenvalue weighted by Gasteiger charge is -2.22. The first-order valence-corrected chi connectivity index (χ1v) is 7.19. The average Bonchev–Trinajstić information content (AvgIpc) is 2.43. The number of hydrogen-bond acceptors (Lipinski definition) is 3. The van der Waals surface area contributed by atoms with E-state index in [2.05, 4.69) is 17.3 Å². The molecule has 3 nitrogen and oxygen atoms in total. The zero-order chi connectivity index (χ0) is 15.0. The van der Waals surface area contributed by atoms with Gasteiger partial charge in [0.2, 0.25) is 0 Å². The van der Waals surface area contributed by atoms with Crippen molar-refractivity contribution in [2.75, 3.05) is 40.9 Å². The van der Waals surface area contributed by atoms with Crippen LogP contribution in [0.5, 0.6) is 0 Å². The molecule has 0 bridgehead atoms. The van der Waals surface area contributed by atoms with Crippen molar-refractivity contribution < 1.29 is 9.13 Å². The van der Waals surface area contributed by atoms with Gasteiger partial charge < -0.3 is 15.0 Å². The minimum absolute atomic E-state index is 0.129. The van der Waals surface area contributed by atoms with Crippen LogP contribution in [0.25, 0.3) is 0 Å². The number of ether oxygens (including phenoxy) is 1. The highest BCUT2D eigenvalue weighted by Crippen LogP contribution is 2.19. The van der Waals surface area contributed by atoms with E-state index in [1.807, 2.05) is 19.2 Å². The predicted molar refractivity (Wildman–Crippen MR) is 81.5 cm³/mol. The third-order valence-electron chi connectivity index (χ3n) is 3.63. The van der Waals surface area contributed by atoms with E-state index in [-0.39, 0.29) is 11.9 Å². The SMILES string of the molecule is CNC(CCN(C)CCCOC)c1ccc(C)c(F)c1. The Morgan fingerprint density at radius 1 is 1.35 bits per heavy atom. The van der Waals surface area contributed by atoms with E-state index < -0.39 is 0 Å². The molecule has 0 aromatic heterocycles. The maximum atomic E-state index is 13.6. The maximum Gasteiger partial charge on any atom is 0.126 e. The van der Waals surface area contributed by atoms with Gasteiger partial charge in [0.25, 0.3) is 0 Å². The van der Waals surface area contributed by atoms with Crippen molar-refractivity contribution in [3.05, 3.63) is 35.1 Å². The zero-order valence-electron chi connectivity index (χ0n) is 13.1. The van der Waals surface area contributed by atoms with Crippen molar-refractivity contribution in [1.29, 1.82) is 0 Å². The van der Waals surface area contributed by atoms with E-state index in [1.165, 1.54) is 0 Å². The van der Waals surface area contributed by atoms with Crippen LogP contribution >= 0.6 is 0 Å². The van der Waals surface area contributed by atoms with Gasteiger partial charge in [0.1, 0.15) is 5.82 Å². The quantitative estimate of drug-likeness (QED) is 0.705. The number of rotatable bonds is 9. The molecule has 0 amide bonds. The van der Waals surface area contributed by atoms with Crippen molar-refractivity contribution in [3.63, 3.8) is 0 Å². The van der Waals surface area contributed by atoms with Gasteiger partial charge in [-0.25, -0.2) is 4.39 Å². The standard InChI is InChI=1S/C16H27FN2O/c1-13-6-7-14(12-15(13)17)16(18-2)8-10-19(3)9-5-11-20-4/h6-7,12,16,18H,5,8-11H2,1-4H3. The van der Waals surface area contributed by atoms with Crippen LogP contribution in [0.4, 0.5) is 4.39 Å². The number of benzene rings is 1. The van der Waals surface area contributed by atoms with Gasteiger partial charge in [0.05, 0.1) is 0 Å². The lowest BCUT2D eigenvalue weighted by atomic mass is 10.0. The number of aryl methyl sites for hydroxylation is 1. The molecule has 0 aliphatic heterocycles. The van der Waals surface area contributed by atoms with Gasteiger partial charge in [0, 0.05) is 26.3 Å². The molecule has 0 radical (unpaired) electrons. The summed E-state index contributed by atoms with van der Waals surface area (Å²) >= 11 is 0. The van der Waals surface area contributed by atoms with Gasteiger partial charge in [-0.1, -0.05) is 12.1 Å². The second kappa shape index (κ2) is 9.06. The number of halogens is 1. The summed E-state index contributed by atoms with van der Waals surface area (Å²) in [7, 11) is 5.76. The molecular weight excluding hydrogens is 255 g/mol. The summed E-state index contributed by atoms with van der Waals surface area (Å²) < 4.78 is 18.7. The molecule has 114 valence electrons. The Bertz CT molecular complexity index is 398. The molecule has 0 aliphatic rings. The predicted octanol–water partition coefficient (Wildman–Crippen LogP) is 2.75. The Morgan fingerprint density at radius 2 is 2.10 bits per heavy atom. The first-order chi connectivity index (χ1) is 9.58. The summed E-state index contributed by atoms with van der Waals surface area (Å²) in [6, 6.07) is 5.68. The summed E-state index contributed by atoms with van der Waals surface area (Å²) in [6.45, 7) is 4.58. The summed E-state index contributed by atoms with van der Waals surface area (Å²) in [5.74, 6) is -0.129. The van der Waals surface area contributed by atoms with E-state index in [4.69, 9.17) is 4.74 Å². The number of nitrogens with zero attached hydrogens (tertiary/aromatic N) is 1. The zero-order valence-corrected chi connectivity index (χ0v) is 13.1. The third kappa shape index (κ3) is 5.57. The fourth-order valence-corrected chi connectivity index (χ4v) is 2.24. The molecule has 0 spiro atoms. The second-order valence-electron chi connectivity index (χ2n) is 5.29. The van der Waals surface area contributed by atoms with Crippen molar-refractivity contribution in [1.82, 2.24) is 10.2 Å². The Kier molecular flexibility index (Phi) is 7.73. The summed E-state index contributed by atoms with van der Waals surface area (Å²) in [5.41, 5.74) is 1.71. The minimum atomic E-state index is -0.129. The van der Waals surface area contributed by atoms with Crippen LogP contribution < -0.4 is 5.32 Å². The summed E-state index contributed by atoms with van der Waals surface area (Å²) in [5, 5.41) is 3.27. The van der Waals surface area contributed by atoms with E-state index in [0.29, 0.717) is 5.56 Å². The molecule has 1 atom stereocenters. The van der Waals surface area contributed by atoms with Crippen LogP contribution in [0.15, 0.2) is 18.2 Å². The minimum Gasteiger partial charge on any atom is -0.385 e. The molecule has 0 aliphatic carbocycles. The van der Waals surface area contributed by atoms with Crippen molar-refractivity contribution in [2.24, 2.45) is 0 Å². The molecule has 0 heterocycles. The van der Waals surface area contributed by atoms with E-state index in [0.717, 1.165) is 38.1 Å². The molecule has 0 saturated heterocycles. The van der Waals surface area contributed by atoms with Crippen LogP contribution in [-0.4, -0.2) is 45.8 Å². The van der Waals surface area contributed by atoms with Crippen LogP contribution in [0, 0.1) is 12.7 Å². The Morgan fingerprint density at radius 3 is 2.70 bits per heavy atom.